The Hall–Kier alpha value is -2.95. The largest absolute Gasteiger partial charge is 0.350 e. The molecule has 1 heterocycles. The van der Waals surface area contributed by atoms with Crippen LogP contribution in [-0.2, 0) is 0 Å². The fraction of sp³-hybridized carbons (Fsp3) is 0.167. The first-order valence-corrected chi connectivity index (χ1v) is 7.44. The summed E-state index contributed by atoms with van der Waals surface area (Å²) in [6, 6.07) is 16.8. The molecule has 3 rings (SSSR count). The van der Waals surface area contributed by atoms with Crippen LogP contribution in [0, 0.1) is 0 Å². The molecule has 2 aromatic carbocycles. The first-order valence-electron chi connectivity index (χ1n) is 7.44. The van der Waals surface area contributed by atoms with E-state index in [-0.39, 0.29) is 11.9 Å². The van der Waals surface area contributed by atoms with E-state index < -0.39 is 0 Å². The van der Waals surface area contributed by atoms with Gasteiger partial charge in [0, 0.05) is 22.7 Å². The fourth-order valence-corrected chi connectivity index (χ4v) is 2.18. The second kappa shape index (κ2) is 6.44. The number of nitrogens with zero attached hydrogens (tertiary/aromatic N) is 2. The van der Waals surface area contributed by atoms with Gasteiger partial charge in [-0.2, -0.15) is 4.98 Å². The van der Waals surface area contributed by atoms with Crippen LogP contribution in [0.4, 0.5) is 0 Å². The van der Waals surface area contributed by atoms with Crippen molar-refractivity contribution in [3.8, 4) is 22.8 Å². The number of aromatic nitrogens is 2. The lowest BCUT2D eigenvalue weighted by Gasteiger charge is -2.08. The van der Waals surface area contributed by atoms with Gasteiger partial charge in [0.15, 0.2) is 0 Å². The van der Waals surface area contributed by atoms with Gasteiger partial charge < -0.3 is 9.84 Å². The van der Waals surface area contributed by atoms with Crippen molar-refractivity contribution >= 4 is 5.91 Å². The fourth-order valence-electron chi connectivity index (χ4n) is 2.18. The molecular weight excluding hydrogens is 290 g/mol. The van der Waals surface area contributed by atoms with Crippen molar-refractivity contribution in [2.24, 2.45) is 0 Å². The van der Waals surface area contributed by atoms with Crippen molar-refractivity contribution in [3.05, 3.63) is 60.2 Å². The predicted octanol–water partition coefficient (Wildman–Crippen LogP) is 3.54. The second-order valence-corrected chi connectivity index (χ2v) is 5.50. The summed E-state index contributed by atoms with van der Waals surface area (Å²) in [5.74, 6) is 0.797. The first kappa shape index (κ1) is 15.0. The van der Waals surface area contributed by atoms with Crippen LogP contribution in [0.5, 0.6) is 0 Å². The Kier molecular flexibility index (Phi) is 4.19. The van der Waals surface area contributed by atoms with Gasteiger partial charge in [0.1, 0.15) is 0 Å². The third-order valence-corrected chi connectivity index (χ3v) is 3.25. The number of amides is 1. The van der Waals surface area contributed by atoms with Gasteiger partial charge in [-0.1, -0.05) is 41.6 Å². The zero-order valence-corrected chi connectivity index (χ0v) is 13.0. The van der Waals surface area contributed by atoms with Crippen LogP contribution in [0.1, 0.15) is 24.2 Å². The Morgan fingerprint density at radius 2 is 1.78 bits per heavy atom. The number of benzene rings is 2. The summed E-state index contributed by atoms with van der Waals surface area (Å²) in [6.45, 7) is 3.85. The van der Waals surface area contributed by atoms with E-state index in [9.17, 15) is 4.79 Å². The highest BCUT2D eigenvalue weighted by atomic mass is 16.5. The third-order valence-electron chi connectivity index (χ3n) is 3.25. The minimum Gasteiger partial charge on any atom is -0.350 e. The van der Waals surface area contributed by atoms with E-state index in [2.05, 4.69) is 15.5 Å². The molecule has 5 heteroatoms. The van der Waals surface area contributed by atoms with Gasteiger partial charge in [0.25, 0.3) is 11.8 Å². The molecule has 1 aromatic heterocycles. The average Bonchev–Trinajstić information content (AvgIpc) is 3.05. The van der Waals surface area contributed by atoms with E-state index in [4.69, 9.17) is 4.52 Å². The molecular formula is C18H17N3O2. The molecule has 0 aliphatic rings. The smallest absolute Gasteiger partial charge is 0.258 e. The molecule has 0 fully saturated rings. The summed E-state index contributed by atoms with van der Waals surface area (Å²) in [7, 11) is 0. The molecule has 0 saturated carbocycles. The molecule has 0 bridgehead atoms. The predicted molar refractivity (Wildman–Crippen MR) is 87.8 cm³/mol. The molecule has 0 aliphatic carbocycles. The maximum absolute atomic E-state index is 12.1. The summed E-state index contributed by atoms with van der Waals surface area (Å²) in [5.41, 5.74) is 2.17. The van der Waals surface area contributed by atoms with Gasteiger partial charge in [-0.15, -0.1) is 0 Å². The lowest BCUT2D eigenvalue weighted by molar-refractivity contribution is 0.0943. The van der Waals surface area contributed by atoms with Gasteiger partial charge in [0.2, 0.25) is 5.82 Å². The van der Waals surface area contributed by atoms with Crippen LogP contribution in [-0.4, -0.2) is 22.1 Å². The summed E-state index contributed by atoms with van der Waals surface area (Å²) >= 11 is 0. The molecule has 1 N–H and O–H groups in total. The van der Waals surface area contributed by atoms with Crippen LogP contribution < -0.4 is 5.32 Å². The van der Waals surface area contributed by atoms with Crippen LogP contribution in [0.25, 0.3) is 22.8 Å². The van der Waals surface area contributed by atoms with E-state index in [1.807, 2.05) is 50.2 Å². The summed E-state index contributed by atoms with van der Waals surface area (Å²) < 4.78 is 5.33. The van der Waals surface area contributed by atoms with Crippen molar-refractivity contribution < 1.29 is 9.32 Å². The Bertz CT molecular complexity index is 810. The van der Waals surface area contributed by atoms with Crippen LogP contribution >= 0.6 is 0 Å². The lowest BCUT2D eigenvalue weighted by Crippen LogP contribution is -2.30. The number of carbonyl (C=O) groups is 1. The minimum absolute atomic E-state index is 0.0826. The van der Waals surface area contributed by atoms with Crippen molar-refractivity contribution in [2.75, 3.05) is 0 Å². The van der Waals surface area contributed by atoms with E-state index >= 15 is 0 Å². The normalized spacial score (nSPS) is 10.7. The van der Waals surface area contributed by atoms with Crippen LogP contribution in [0.3, 0.4) is 0 Å². The Morgan fingerprint density at radius 1 is 1.04 bits per heavy atom. The monoisotopic (exact) mass is 307 g/mol. The van der Waals surface area contributed by atoms with Crippen molar-refractivity contribution in [3.63, 3.8) is 0 Å². The number of carbonyl (C=O) groups excluding carboxylic acids is 1. The van der Waals surface area contributed by atoms with Gasteiger partial charge in [-0.25, -0.2) is 0 Å². The molecule has 0 unspecified atom stereocenters. The standard InChI is InChI=1S/C18H17N3O2/c1-12(2)19-17(22)14-9-6-10-15(11-14)18-20-16(21-23-18)13-7-4-3-5-8-13/h3-12H,1-2H3,(H,19,22). The molecule has 0 spiro atoms. The van der Waals surface area contributed by atoms with Crippen LogP contribution in [0.15, 0.2) is 59.1 Å². The first-order chi connectivity index (χ1) is 11.1. The number of rotatable bonds is 4. The van der Waals surface area contributed by atoms with E-state index in [1.165, 1.54) is 0 Å². The molecule has 0 saturated heterocycles. The minimum atomic E-state index is -0.121. The highest BCUT2D eigenvalue weighted by molar-refractivity contribution is 5.95. The Balaban J connectivity index is 1.88. The SMILES string of the molecule is CC(C)NC(=O)c1cccc(-c2nc(-c3ccccc3)no2)c1. The molecule has 0 atom stereocenters. The lowest BCUT2D eigenvalue weighted by atomic mass is 10.1. The van der Waals surface area contributed by atoms with E-state index in [0.29, 0.717) is 17.3 Å². The highest BCUT2D eigenvalue weighted by Crippen LogP contribution is 2.22. The number of nitrogens with one attached hydrogen (secondary N) is 1. The van der Waals surface area contributed by atoms with E-state index in [1.54, 1.807) is 18.2 Å². The number of hydrogen-bond acceptors (Lipinski definition) is 4. The molecule has 3 aromatic rings. The maximum atomic E-state index is 12.1. The molecule has 0 radical (unpaired) electrons. The van der Waals surface area contributed by atoms with Gasteiger partial charge >= 0.3 is 0 Å². The van der Waals surface area contributed by atoms with Crippen molar-refractivity contribution in [1.29, 1.82) is 0 Å². The molecule has 116 valence electrons. The van der Waals surface area contributed by atoms with E-state index in [0.717, 1.165) is 11.1 Å². The quantitative estimate of drug-likeness (QED) is 0.800. The van der Waals surface area contributed by atoms with Crippen molar-refractivity contribution in [2.45, 2.75) is 19.9 Å². The summed E-state index contributed by atoms with van der Waals surface area (Å²) in [4.78, 5) is 16.5. The zero-order valence-electron chi connectivity index (χ0n) is 13.0. The molecule has 1 amide bonds. The molecule has 23 heavy (non-hydrogen) atoms. The second-order valence-electron chi connectivity index (χ2n) is 5.50. The Morgan fingerprint density at radius 3 is 2.52 bits per heavy atom. The van der Waals surface area contributed by atoms with Crippen molar-refractivity contribution in [1.82, 2.24) is 15.5 Å². The van der Waals surface area contributed by atoms with Gasteiger partial charge in [-0.05, 0) is 32.0 Å². The number of hydrogen-bond donors (Lipinski definition) is 1. The summed E-state index contributed by atoms with van der Waals surface area (Å²) in [6.07, 6.45) is 0. The zero-order chi connectivity index (χ0) is 16.2. The van der Waals surface area contributed by atoms with Gasteiger partial charge in [0.05, 0.1) is 0 Å². The Labute approximate surface area is 134 Å². The average molecular weight is 307 g/mol. The molecule has 5 nitrogen and oxygen atoms in total. The topological polar surface area (TPSA) is 68.0 Å². The van der Waals surface area contributed by atoms with Gasteiger partial charge in [-0.3, -0.25) is 4.79 Å². The summed E-state index contributed by atoms with van der Waals surface area (Å²) in [5, 5.41) is 6.86. The third kappa shape index (κ3) is 3.45. The maximum Gasteiger partial charge on any atom is 0.258 e. The molecule has 0 aliphatic heterocycles. The highest BCUT2D eigenvalue weighted by Gasteiger charge is 2.13. The van der Waals surface area contributed by atoms with Crippen LogP contribution in [0.2, 0.25) is 0 Å².